The number of hydrogen-bond acceptors (Lipinski definition) is 2. The fraction of sp³-hybridized carbons (Fsp3) is 0.929. The third-order valence-electron chi connectivity index (χ3n) is 3.93. The van der Waals surface area contributed by atoms with Gasteiger partial charge in [-0.15, -0.1) is 0 Å². The molecule has 3 heteroatoms. The maximum atomic E-state index is 11.2. The monoisotopic (exact) mass is 242 g/mol. The molecular weight excluding hydrogens is 216 g/mol. The number of aliphatic carboxylic acids is 1. The van der Waals surface area contributed by atoms with Gasteiger partial charge in [0, 0.05) is 0 Å². The van der Waals surface area contributed by atoms with E-state index in [4.69, 9.17) is 4.74 Å². The van der Waals surface area contributed by atoms with Crippen LogP contribution in [0.2, 0.25) is 0 Å². The summed E-state index contributed by atoms with van der Waals surface area (Å²) in [4.78, 5) is 11.2. The van der Waals surface area contributed by atoms with Crippen molar-refractivity contribution in [3.63, 3.8) is 0 Å². The molecule has 0 aromatic carbocycles. The van der Waals surface area contributed by atoms with Crippen molar-refractivity contribution in [2.24, 2.45) is 23.7 Å². The van der Waals surface area contributed by atoms with Crippen molar-refractivity contribution in [1.29, 1.82) is 0 Å². The van der Waals surface area contributed by atoms with Crippen molar-refractivity contribution in [1.82, 2.24) is 0 Å². The number of rotatable bonds is 5. The van der Waals surface area contributed by atoms with Crippen molar-refractivity contribution in [3.8, 4) is 0 Å². The van der Waals surface area contributed by atoms with Crippen molar-refractivity contribution in [2.75, 3.05) is 6.61 Å². The van der Waals surface area contributed by atoms with Crippen LogP contribution in [0.4, 0.5) is 0 Å². The Morgan fingerprint density at radius 1 is 1.29 bits per heavy atom. The van der Waals surface area contributed by atoms with E-state index in [1.54, 1.807) is 0 Å². The van der Waals surface area contributed by atoms with Crippen LogP contribution in [0.3, 0.4) is 0 Å². The number of ether oxygens (including phenoxy) is 1. The molecule has 3 nitrogen and oxygen atoms in total. The Kier molecular flexibility index (Phi) is 5.44. The Balaban J connectivity index is 2.59. The molecular formula is C14H26O3. The van der Waals surface area contributed by atoms with Gasteiger partial charge < -0.3 is 9.84 Å². The van der Waals surface area contributed by atoms with Gasteiger partial charge in [0.25, 0.3) is 0 Å². The molecule has 0 saturated heterocycles. The lowest BCUT2D eigenvalue weighted by Gasteiger charge is -2.36. The minimum Gasteiger partial charge on any atom is -0.481 e. The van der Waals surface area contributed by atoms with Crippen molar-refractivity contribution >= 4 is 5.97 Å². The van der Waals surface area contributed by atoms with Crippen LogP contribution in [0.5, 0.6) is 0 Å². The lowest BCUT2D eigenvalue weighted by atomic mass is 9.71. The molecule has 0 aliphatic heterocycles. The van der Waals surface area contributed by atoms with Crippen molar-refractivity contribution < 1.29 is 14.6 Å². The molecule has 17 heavy (non-hydrogen) atoms. The molecule has 0 aromatic heterocycles. The molecule has 100 valence electrons. The van der Waals surface area contributed by atoms with E-state index < -0.39 is 5.97 Å². The van der Waals surface area contributed by atoms with E-state index in [9.17, 15) is 9.90 Å². The van der Waals surface area contributed by atoms with Crippen LogP contribution < -0.4 is 0 Å². The van der Waals surface area contributed by atoms with E-state index in [1.165, 1.54) is 0 Å². The van der Waals surface area contributed by atoms with Gasteiger partial charge in [-0.1, -0.05) is 13.8 Å². The number of carboxylic acid groups (broad SMARTS) is 1. The second-order valence-electron chi connectivity index (χ2n) is 5.90. The predicted molar refractivity (Wildman–Crippen MR) is 67.9 cm³/mol. The second-order valence-corrected chi connectivity index (χ2v) is 5.90. The first-order valence-electron chi connectivity index (χ1n) is 6.76. The Bertz CT molecular complexity index is 248. The van der Waals surface area contributed by atoms with Crippen LogP contribution in [0.1, 0.15) is 47.0 Å². The van der Waals surface area contributed by atoms with Crippen molar-refractivity contribution in [2.45, 2.75) is 53.1 Å². The first kappa shape index (κ1) is 14.5. The van der Waals surface area contributed by atoms with Gasteiger partial charge in [0.15, 0.2) is 0 Å². The lowest BCUT2D eigenvalue weighted by molar-refractivity contribution is -0.147. The SMILES string of the molecule is CC(C)OCC1CC(C(C)C)CCC1C(=O)O. The van der Waals surface area contributed by atoms with Crippen LogP contribution in [-0.2, 0) is 9.53 Å². The summed E-state index contributed by atoms with van der Waals surface area (Å²) in [6, 6.07) is 0. The zero-order valence-electron chi connectivity index (χ0n) is 11.5. The third-order valence-corrected chi connectivity index (χ3v) is 3.93. The summed E-state index contributed by atoms with van der Waals surface area (Å²) >= 11 is 0. The molecule has 0 bridgehead atoms. The summed E-state index contributed by atoms with van der Waals surface area (Å²) in [5, 5.41) is 9.24. The number of hydrogen-bond donors (Lipinski definition) is 1. The van der Waals surface area contributed by atoms with Crippen LogP contribution in [-0.4, -0.2) is 23.8 Å². The summed E-state index contributed by atoms with van der Waals surface area (Å²) in [7, 11) is 0. The Labute approximate surface area is 105 Å². The molecule has 1 aliphatic carbocycles. The number of carboxylic acids is 1. The highest BCUT2D eigenvalue weighted by Gasteiger charge is 2.36. The van der Waals surface area contributed by atoms with Gasteiger partial charge in [0.1, 0.15) is 0 Å². The van der Waals surface area contributed by atoms with Gasteiger partial charge in [-0.2, -0.15) is 0 Å². The molecule has 0 amide bonds. The molecule has 1 fully saturated rings. The highest BCUT2D eigenvalue weighted by atomic mass is 16.5. The minimum absolute atomic E-state index is 0.184. The smallest absolute Gasteiger partial charge is 0.306 e. The largest absolute Gasteiger partial charge is 0.481 e. The molecule has 1 N–H and O–H groups in total. The maximum Gasteiger partial charge on any atom is 0.306 e. The Hall–Kier alpha value is -0.570. The summed E-state index contributed by atoms with van der Waals surface area (Å²) < 4.78 is 5.63. The van der Waals surface area contributed by atoms with Gasteiger partial charge in [0.05, 0.1) is 18.6 Å². The summed E-state index contributed by atoms with van der Waals surface area (Å²) in [5.74, 6) is 0.641. The topological polar surface area (TPSA) is 46.5 Å². The summed E-state index contributed by atoms with van der Waals surface area (Å²) in [5.41, 5.74) is 0. The van der Waals surface area contributed by atoms with Crippen LogP contribution in [0.15, 0.2) is 0 Å². The van der Waals surface area contributed by atoms with E-state index >= 15 is 0 Å². The van der Waals surface area contributed by atoms with E-state index in [-0.39, 0.29) is 17.9 Å². The van der Waals surface area contributed by atoms with Gasteiger partial charge in [0.2, 0.25) is 0 Å². The van der Waals surface area contributed by atoms with E-state index in [2.05, 4.69) is 13.8 Å². The van der Waals surface area contributed by atoms with E-state index in [1.807, 2.05) is 13.8 Å². The van der Waals surface area contributed by atoms with Crippen molar-refractivity contribution in [3.05, 3.63) is 0 Å². The van der Waals surface area contributed by atoms with Crippen LogP contribution in [0, 0.1) is 23.7 Å². The molecule has 0 radical (unpaired) electrons. The highest BCUT2D eigenvalue weighted by molar-refractivity contribution is 5.70. The molecule has 1 rings (SSSR count). The minimum atomic E-state index is -0.649. The van der Waals surface area contributed by atoms with E-state index in [0.717, 1.165) is 19.3 Å². The zero-order chi connectivity index (χ0) is 13.0. The summed E-state index contributed by atoms with van der Waals surface area (Å²) in [6.07, 6.45) is 3.04. The fourth-order valence-corrected chi connectivity index (χ4v) is 2.73. The average Bonchev–Trinajstić information content (AvgIpc) is 2.25. The standard InChI is InChI=1S/C14H26O3/c1-9(2)11-5-6-13(14(15)16)12(7-11)8-17-10(3)4/h9-13H,5-8H2,1-4H3,(H,15,16). The highest BCUT2D eigenvalue weighted by Crippen LogP contribution is 2.37. The molecule has 3 atom stereocenters. The molecule has 1 saturated carbocycles. The zero-order valence-corrected chi connectivity index (χ0v) is 11.5. The second kappa shape index (κ2) is 6.39. The average molecular weight is 242 g/mol. The number of carbonyl (C=O) groups is 1. The Morgan fingerprint density at radius 2 is 1.94 bits per heavy atom. The molecule has 3 unspecified atom stereocenters. The molecule has 1 aliphatic rings. The first-order valence-corrected chi connectivity index (χ1v) is 6.76. The first-order chi connectivity index (χ1) is 7.91. The normalized spacial score (nSPS) is 29.9. The van der Waals surface area contributed by atoms with Gasteiger partial charge in [-0.3, -0.25) is 4.79 Å². The van der Waals surface area contributed by atoms with E-state index in [0.29, 0.717) is 18.4 Å². The Morgan fingerprint density at radius 3 is 2.41 bits per heavy atom. The van der Waals surface area contributed by atoms with Gasteiger partial charge in [-0.25, -0.2) is 0 Å². The summed E-state index contributed by atoms with van der Waals surface area (Å²) in [6.45, 7) is 9.05. The van der Waals surface area contributed by atoms with Gasteiger partial charge >= 0.3 is 5.97 Å². The van der Waals surface area contributed by atoms with Gasteiger partial charge in [-0.05, 0) is 50.9 Å². The third kappa shape index (κ3) is 4.30. The van der Waals surface area contributed by atoms with Crippen LogP contribution in [0.25, 0.3) is 0 Å². The lowest BCUT2D eigenvalue weighted by Crippen LogP contribution is -2.35. The quantitative estimate of drug-likeness (QED) is 0.805. The molecule has 0 heterocycles. The molecule has 0 aromatic rings. The predicted octanol–water partition coefficient (Wildman–Crippen LogP) is 3.18. The molecule has 0 spiro atoms. The van der Waals surface area contributed by atoms with Crippen LogP contribution >= 0.6 is 0 Å². The fourth-order valence-electron chi connectivity index (χ4n) is 2.73. The maximum absolute atomic E-state index is 11.2.